The van der Waals surface area contributed by atoms with Gasteiger partial charge in [0.05, 0.1) is 22.4 Å². The van der Waals surface area contributed by atoms with Crippen LogP contribution in [0.2, 0.25) is 5.02 Å². The van der Waals surface area contributed by atoms with Gasteiger partial charge in [0.25, 0.3) is 5.56 Å². The highest BCUT2D eigenvalue weighted by Crippen LogP contribution is 2.32. The third-order valence-electron chi connectivity index (χ3n) is 5.91. The molecule has 0 atom stereocenters. The Bertz CT molecular complexity index is 1970. The molecule has 6 aromatic rings. The third-order valence-corrected chi connectivity index (χ3v) is 7.16. The zero-order valence-electron chi connectivity index (χ0n) is 19.9. The topological polar surface area (TPSA) is 91.4 Å². The van der Waals surface area contributed by atoms with Gasteiger partial charge in [-0.25, -0.2) is 4.68 Å². The fourth-order valence-electron chi connectivity index (χ4n) is 4.07. The zero-order valence-corrected chi connectivity index (χ0v) is 21.5. The molecule has 0 fully saturated rings. The second-order valence-corrected chi connectivity index (χ2v) is 9.72. The van der Waals surface area contributed by atoms with Gasteiger partial charge in [0.2, 0.25) is 4.96 Å². The average molecular weight is 540 g/mol. The second-order valence-electron chi connectivity index (χ2n) is 8.30. The fourth-order valence-corrected chi connectivity index (χ4v) is 5.22. The van der Waals surface area contributed by atoms with Crippen molar-refractivity contribution < 1.29 is 4.74 Å². The molecule has 0 radical (unpaired) electrons. The van der Waals surface area contributed by atoms with Crippen molar-refractivity contribution in [3.8, 4) is 34.0 Å². The number of nitrogens with zero attached hydrogens (tertiary/aromatic N) is 5. The molecule has 0 amide bonds. The minimum Gasteiger partial charge on any atom is -0.495 e. The van der Waals surface area contributed by atoms with Crippen molar-refractivity contribution in [1.82, 2.24) is 24.4 Å². The summed E-state index contributed by atoms with van der Waals surface area (Å²) in [6.07, 6.45) is 3.57. The fraction of sp³-hybridized carbons (Fsp3) is 0.0357. The molecular weight excluding hydrogens is 522 g/mol. The van der Waals surface area contributed by atoms with Gasteiger partial charge in [0.15, 0.2) is 5.69 Å². The van der Waals surface area contributed by atoms with E-state index in [0.29, 0.717) is 32.1 Å². The molecule has 3 heterocycles. The van der Waals surface area contributed by atoms with Gasteiger partial charge in [-0.2, -0.15) is 19.7 Å². The molecule has 0 N–H and O–H groups in total. The van der Waals surface area contributed by atoms with E-state index in [4.69, 9.17) is 21.4 Å². The Kier molecular flexibility index (Phi) is 6.07. The van der Waals surface area contributed by atoms with Crippen LogP contribution < -0.4 is 20.4 Å². The standard InChI is InChI=1S/C28H18ClN5O3S/c1-37-22-13-12-18(14-21(22)29)24-19(16-33(31-24)20-10-6-3-7-11-20)15-23-27(36)34-28(38-23)30-26(35)25(32-34)17-8-4-2-5-9-17/h2-16H,1H3. The summed E-state index contributed by atoms with van der Waals surface area (Å²) in [5, 5.41) is 9.58. The summed E-state index contributed by atoms with van der Waals surface area (Å²) in [5.41, 5.74) is 2.76. The summed E-state index contributed by atoms with van der Waals surface area (Å²) in [7, 11) is 1.55. The Balaban J connectivity index is 1.55. The second kappa shape index (κ2) is 9.70. The van der Waals surface area contributed by atoms with Crippen molar-refractivity contribution in [2.75, 3.05) is 7.11 Å². The number of benzene rings is 3. The molecule has 0 saturated carbocycles. The highest BCUT2D eigenvalue weighted by atomic mass is 35.5. The predicted octanol–water partition coefficient (Wildman–Crippen LogP) is 4.24. The normalized spacial score (nSPS) is 11.8. The Morgan fingerprint density at radius 3 is 2.34 bits per heavy atom. The molecule has 8 nitrogen and oxygen atoms in total. The van der Waals surface area contributed by atoms with E-state index in [0.717, 1.165) is 22.6 Å². The third kappa shape index (κ3) is 4.27. The first-order chi connectivity index (χ1) is 18.5. The van der Waals surface area contributed by atoms with Gasteiger partial charge in [-0.15, -0.1) is 0 Å². The van der Waals surface area contributed by atoms with E-state index in [1.807, 2.05) is 48.7 Å². The van der Waals surface area contributed by atoms with Crippen LogP contribution in [-0.2, 0) is 0 Å². The smallest absolute Gasteiger partial charge is 0.300 e. The van der Waals surface area contributed by atoms with E-state index in [1.165, 1.54) is 4.52 Å². The van der Waals surface area contributed by atoms with Crippen molar-refractivity contribution in [2.45, 2.75) is 0 Å². The first-order valence-electron chi connectivity index (χ1n) is 11.5. The molecule has 0 spiro atoms. The number of para-hydroxylation sites is 1. The molecule has 0 aliphatic rings. The maximum absolute atomic E-state index is 13.4. The number of halogens is 1. The number of hydrogen-bond acceptors (Lipinski definition) is 7. The summed E-state index contributed by atoms with van der Waals surface area (Å²) in [6.45, 7) is 0. The Morgan fingerprint density at radius 2 is 1.63 bits per heavy atom. The van der Waals surface area contributed by atoms with Crippen LogP contribution in [-0.4, -0.2) is 31.5 Å². The van der Waals surface area contributed by atoms with Crippen LogP contribution in [0.5, 0.6) is 5.75 Å². The van der Waals surface area contributed by atoms with Crippen molar-refractivity contribution in [2.24, 2.45) is 0 Å². The molecule has 0 saturated heterocycles. The minimum atomic E-state index is -0.491. The molecule has 186 valence electrons. The Labute approximate surface area is 224 Å². The maximum Gasteiger partial charge on any atom is 0.300 e. The number of aromatic nitrogens is 5. The molecule has 0 unspecified atom stereocenters. The average Bonchev–Trinajstić information content (AvgIpc) is 3.50. The number of ether oxygens (including phenoxy) is 1. The Hall–Kier alpha value is -4.60. The first kappa shape index (κ1) is 23.8. The minimum absolute atomic E-state index is 0.120. The highest BCUT2D eigenvalue weighted by Gasteiger charge is 2.16. The lowest BCUT2D eigenvalue weighted by molar-refractivity contribution is 0.415. The van der Waals surface area contributed by atoms with E-state index in [1.54, 1.807) is 54.3 Å². The molecular formula is C28H18ClN5O3S. The summed E-state index contributed by atoms with van der Waals surface area (Å²) < 4.78 is 8.57. The number of thiazole rings is 1. The van der Waals surface area contributed by atoms with Crippen molar-refractivity contribution in [3.63, 3.8) is 0 Å². The first-order valence-corrected chi connectivity index (χ1v) is 12.7. The summed E-state index contributed by atoms with van der Waals surface area (Å²) in [5.74, 6) is 0.547. The van der Waals surface area contributed by atoms with Crippen LogP contribution in [0.4, 0.5) is 0 Å². The van der Waals surface area contributed by atoms with Gasteiger partial charge in [-0.3, -0.25) is 9.59 Å². The van der Waals surface area contributed by atoms with Gasteiger partial charge in [-0.05, 0) is 36.4 Å². The van der Waals surface area contributed by atoms with E-state index in [2.05, 4.69) is 10.1 Å². The van der Waals surface area contributed by atoms with E-state index in [-0.39, 0.29) is 16.2 Å². The number of methoxy groups -OCH3 is 1. The summed E-state index contributed by atoms with van der Waals surface area (Å²) >= 11 is 7.50. The predicted molar refractivity (Wildman–Crippen MR) is 148 cm³/mol. The lowest BCUT2D eigenvalue weighted by Gasteiger charge is -2.05. The molecule has 3 aromatic heterocycles. The van der Waals surface area contributed by atoms with Crippen molar-refractivity contribution in [3.05, 3.63) is 121 Å². The molecule has 0 bridgehead atoms. The lowest BCUT2D eigenvalue weighted by atomic mass is 10.1. The molecule has 38 heavy (non-hydrogen) atoms. The van der Waals surface area contributed by atoms with Gasteiger partial charge in [0.1, 0.15) is 11.4 Å². The van der Waals surface area contributed by atoms with Gasteiger partial charge >= 0.3 is 5.56 Å². The van der Waals surface area contributed by atoms with Crippen LogP contribution in [0.3, 0.4) is 0 Å². The van der Waals surface area contributed by atoms with Gasteiger partial charge in [-0.1, -0.05) is 71.5 Å². The molecule has 3 aromatic carbocycles. The van der Waals surface area contributed by atoms with Crippen molar-refractivity contribution >= 4 is 34.0 Å². The van der Waals surface area contributed by atoms with E-state index in [9.17, 15) is 9.59 Å². The van der Waals surface area contributed by atoms with Crippen LogP contribution in [0.1, 0.15) is 5.56 Å². The van der Waals surface area contributed by atoms with Crippen LogP contribution in [0.15, 0.2) is 94.6 Å². The van der Waals surface area contributed by atoms with E-state index < -0.39 is 5.56 Å². The summed E-state index contributed by atoms with van der Waals surface area (Å²) in [4.78, 5) is 30.4. The quantitative estimate of drug-likeness (QED) is 0.325. The van der Waals surface area contributed by atoms with E-state index >= 15 is 0 Å². The SMILES string of the molecule is COc1ccc(-c2nn(-c3ccccc3)cc2C=c2sc3nc(=O)c(-c4ccccc4)nn3c2=O)cc1Cl. The van der Waals surface area contributed by atoms with Crippen LogP contribution >= 0.6 is 22.9 Å². The number of hydrogen-bond donors (Lipinski definition) is 0. The van der Waals surface area contributed by atoms with Crippen LogP contribution in [0.25, 0.3) is 39.2 Å². The lowest BCUT2D eigenvalue weighted by Crippen LogP contribution is -2.26. The Morgan fingerprint density at radius 1 is 0.895 bits per heavy atom. The number of rotatable bonds is 5. The van der Waals surface area contributed by atoms with Gasteiger partial charge in [0, 0.05) is 22.9 Å². The van der Waals surface area contributed by atoms with Crippen LogP contribution in [0, 0.1) is 0 Å². The molecule has 10 heteroatoms. The molecule has 0 aliphatic carbocycles. The summed E-state index contributed by atoms with van der Waals surface area (Å²) in [6, 6.07) is 24.0. The monoisotopic (exact) mass is 539 g/mol. The largest absolute Gasteiger partial charge is 0.495 e. The highest BCUT2D eigenvalue weighted by molar-refractivity contribution is 7.15. The molecule has 0 aliphatic heterocycles. The van der Waals surface area contributed by atoms with Gasteiger partial charge < -0.3 is 4.74 Å². The van der Waals surface area contributed by atoms with Crippen molar-refractivity contribution in [1.29, 1.82) is 0 Å². The molecule has 6 rings (SSSR count). The number of fused-ring (bicyclic) bond motifs is 1. The maximum atomic E-state index is 13.4. The zero-order chi connectivity index (χ0) is 26.2.